The van der Waals surface area contributed by atoms with Gasteiger partial charge in [-0.3, -0.25) is 15.0 Å². The molecule has 1 saturated heterocycles. The molecule has 0 unspecified atom stereocenters. The van der Waals surface area contributed by atoms with Gasteiger partial charge in [-0.1, -0.05) is 11.6 Å². The number of fused-ring (bicyclic) bond motifs is 4. The molecule has 144 valence electrons. The molecule has 1 aromatic heterocycles. The standard InChI is InChI=1S/C18H19ClN4O2S.H2O/c1-23-11-6-7-12(23)14-13(8-11)26-17(15(14)16(20)24)22-18(25)21-10-4-2-9(19)3-5-10;/h2-5,11-12H,6-8H2,1H3,(H2,20,24)(H2,21,22,25);1H2/t11-,12+;/m0./s1. The summed E-state index contributed by atoms with van der Waals surface area (Å²) in [4.78, 5) is 28.0. The van der Waals surface area contributed by atoms with Crippen molar-refractivity contribution in [2.45, 2.75) is 31.3 Å². The van der Waals surface area contributed by atoms with E-state index in [1.54, 1.807) is 24.3 Å². The third kappa shape index (κ3) is 3.53. The van der Waals surface area contributed by atoms with Crippen LogP contribution in [-0.4, -0.2) is 35.4 Å². The highest BCUT2D eigenvalue weighted by Crippen LogP contribution is 2.49. The average molecular weight is 409 g/mol. The molecule has 1 aromatic carbocycles. The summed E-state index contributed by atoms with van der Waals surface area (Å²) in [6.07, 6.45) is 3.04. The first-order valence-electron chi connectivity index (χ1n) is 8.45. The van der Waals surface area contributed by atoms with Crippen molar-refractivity contribution in [2.24, 2.45) is 5.73 Å². The molecule has 0 aliphatic carbocycles. The van der Waals surface area contributed by atoms with Crippen LogP contribution < -0.4 is 16.4 Å². The van der Waals surface area contributed by atoms with Gasteiger partial charge < -0.3 is 16.5 Å². The third-order valence-electron chi connectivity index (χ3n) is 5.19. The number of thiophene rings is 1. The van der Waals surface area contributed by atoms with Gasteiger partial charge >= 0.3 is 6.03 Å². The smallest absolute Gasteiger partial charge is 0.324 e. The zero-order valence-corrected chi connectivity index (χ0v) is 16.3. The number of carbonyl (C=O) groups excluding carboxylic acids is 2. The lowest BCUT2D eigenvalue weighted by Gasteiger charge is -2.31. The second-order valence-electron chi connectivity index (χ2n) is 6.71. The van der Waals surface area contributed by atoms with Gasteiger partial charge in [0.05, 0.1) is 5.56 Å². The summed E-state index contributed by atoms with van der Waals surface area (Å²) in [5.41, 5.74) is 7.74. The average Bonchev–Trinajstić information content (AvgIpc) is 3.05. The Kier molecular flexibility index (Phi) is 5.43. The molecule has 2 bridgehead atoms. The van der Waals surface area contributed by atoms with Crippen LogP contribution in [0.15, 0.2) is 24.3 Å². The van der Waals surface area contributed by atoms with Gasteiger partial charge in [0.15, 0.2) is 0 Å². The number of amides is 3. The lowest BCUT2D eigenvalue weighted by molar-refractivity contribution is 0.0997. The van der Waals surface area contributed by atoms with Gasteiger partial charge in [-0.15, -0.1) is 11.3 Å². The van der Waals surface area contributed by atoms with Crippen LogP contribution >= 0.6 is 22.9 Å². The van der Waals surface area contributed by atoms with E-state index < -0.39 is 11.9 Å². The minimum Gasteiger partial charge on any atom is -0.412 e. The Bertz CT molecular complexity index is 883. The van der Waals surface area contributed by atoms with E-state index in [0.29, 0.717) is 27.3 Å². The van der Waals surface area contributed by atoms with Crippen molar-refractivity contribution in [1.82, 2.24) is 4.90 Å². The third-order valence-corrected chi connectivity index (χ3v) is 6.59. The summed E-state index contributed by atoms with van der Waals surface area (Å²) >= 11 is 7.31. The number of carbonyl (C=O) groups is 2. The van der Waals surface area contributed by atoms with Crippen LogP contribution in [0.2, 0.25) is 5.02 Å². The van der Waals surface area contributed by atoms with Crippen molar-refractivity contribution in [1.29, 1.82) is 0 Å². The van der Waals surface area contributed by atoms with Gasteiger partial charge in [0.2, 0.25) is 0 Å². The first-order valence-corrected chi connectivity index (χ1v) is 9.64. The Hall–Kier alpha value is -2.13. The molecule has 7 nitrogen and oxygen atoms in total. The fraction of sp³-hybridized carbons (Fsp3) is 0.333. The minimum atomic E-state index is -0.497. The normalized spacial score (nSPS) is 20.5. The fourth-order valence-corrected chi connectivity index (χ4v) is 5.40. The van der Waals surface area contributed by atoms with Gasteiger partial charge in [-0.05, 0) is 56.1 Å². The van der Waals surface area contributed by atoms with E-state index in [9.17, 15) is 9.59 Å². The van der Waals surface area contributed by atoms with Crippen LogP contribution in [0.4, 0.5) is 15.5 Å². The van der Waals surface area contributed by atoms with Crippen molar-refractivity contribution in [3.05, 3.63) is 45.3 Å². The molecular weight excluding hydrogens is 388 g/mol. The number of urea groups is 1. The van der Waals surface area contributed by atoms with Crippen LogP contribution in [0, 0.1) is 0 Å². The van der Waals surface area contributed by atoms with Crippen molar-refractivity contribution < 1.29 is 15.1 Å². The Morgan fingerprint density at radius 1 is 1.22 bits per heavy atom. The van der Waals surface area contributed by atoms with Crippen molar-refractivity contribution >= 4 is 45.6 Å². The van der Waals surface area contributed by atoms with Gasteiger partial charge in [-0.25, -0.2) is 4.79 Å². The van der Waals surface area contributed by atoms with E-state index in [1.807, 2.05) is 0 Å². The number of benzene rings is 1. The highest BCUT2D eigenvalue weighted by Gasteiger charge is 2.42. The summed E-state index contributed by atoms with van der Waals surface area (Å²) in [5, 5.41) is 6.66. The molecule has 2 aliphatic heterocycles. The molecule has 27 heavy (non-hydrogen) atoms. The van der Waals surface area contributed by atoms with Crippen molar-refractivity contribution in [3.63, 3.8) is 0 Å². The van der Waals surface area contributed by atoms with Crippen LogP contribution in [0.3, 0.4) is 0 Å². The Morgan fingerprint density at radius 3 is 2.59 bits per heavy atom. The molecule has 0 saturated carbocycles. The van der Waals surface area contributed by atoms with Gasteiger partial charge in [-0.2, -0.15) is 0 Å². The monoisotopic (exact) mass is 408 g/mol. The highest BCUT2D eigenvalue weighted by molar-refractivity contribution is 7.17. The molecular formula is C18H21ClN4O3S. The van der Waals surface area contributed by atoms with Crippen LogP contribution in [-0.2, 0) is 6.42 Å². The maximum atomic E-state index is 12.4. The molecule has 6 N–H and O–H groups in total. The Morgan fingerprint density at radius 2 is 1.93 bits per heavy atom. The molecule has 2 aromatic rings. The first-order chi connectivity index (χ1) is 12.4. The molecule has 1 fully saturated rings. The number of rotatable bonds is 3. The molecule has 2 atom stereocenters. The highest BCUT2D eigenvalue weighted by atomic mass is 35.5. The number of nitrogens with zero attached hydrogens (tertiary/aromatic N) is 1. The second kappa shape index (κ2) is 7.47. The number of primary amides is 1. The van der Waals surface area contributed by atoms with E-state index in [1.165, 1.54) is 11.3 Å². The molecule has 9 heteroatoms. The predicted molar refractivity (Wildman–Crippen MR) is 108 cm³/mol. The van der Waals surface area contributed by atoms with Gasteiger partial charge in [0.25, 0.3) is 5.91 Å². The molecule has 3 heterocycles. The predicted octanol–water partition coefficient (Wildman–Crippen LogP) is 3.01. The van der Waals surface area contributed by atoms with Crippen molar-refractivity contribution in [2.75, 3.05) is 17.7 Å². The molecule has 2 aliphatic rings. The summed E-state index contributed by atoms with van der Waals surface area (Å²) in [6, 6.07) is 7.12. The van der Waals surface area contributed by atoms with Crippen molar-refractivity contribution in [3.8, 4) is 0 Å². The summed E-state index contributed by atoms with van der Waals surface area (Å²) in [5.74, 6) is -0.497. The summed E-state index contributed by atoms with van der Waals surface area (Å²) < 4.78 is 0. The topological polar surface area (TPSA) is 119 Å². The number of halogens is 1. The Balaban J connectivity index is 0.00000210. The lowest BCUT2D eigenvalue weighted by atomic mass is 9.97. The number of nitrogens with one attached hydrogen (secondary N) is 2. The summed E-state index contributed by atoms with van der Waals surface area (Å²) in [7, 11) is 2.09. The summed E-state index contributed by atoms with van der Waals surface area (Å²) in [6.45, 7) is 0. The lowest BCUT2D eigenvalue weighted by Crippen LogP contribution is -2.34. The second-order valence-corrected chi connectivity index (χ2v) is 8.25. The number of hydrogen-bond donors (Lipinski definition) is 3. The van der Waals surface area contributed by atoms with Gasteiger partial charge in [0, 0.05) is 27.7 Å². The van der Waals surface area contributed by atoms with Crippen LogP contribution in [0.25, 0.3) is 0 Å². The number of hydrogen-bond acceptors (Lipinski definition) is 4. The fourth-order valence-electron chi connectivity index (χ4n) is 3.95. The molecule has 4 rings (SSSR count). The molecule has 3 amide bonds. The molecule has 0 radical (unpaired) electrons. The van der Waals surface area contributed by atoms with E-state index in [0.717, 1.165) is 29.7 Å². The van der Waals surface area contributed by atoms with E-state index in [-0.39, 0.29) is 11.5 Å². The van der Waals surface area contributed by atoms with E-state index in [4.69, 9.17) is 17.3 Å². The van der Waals surface area contributed by atoms with Crippen LogP contribution in [0.1, 0.15) is 39.7 Å². The maximum Gasteiger partial charge on any atom is 0.324 e. The minimum absolute atomic E-state index is 0. The zero-order chi connectivity index (χ0) is 18.4. The number of nitrogens with two attached hydrogens (primary N) is 1. The van der Waals surface area contributed by atoms with Gasteiger partial charge in [0.1, 0.15) is 5.00 Å². The van der Waals surface area contributed by atoms with E-state index >= 15 is 0 Å². The SMILES string of the molecule is CN1[C@H]2CC[C@@H]1c1c(sc(NC(=O)Nc3ccc(Cl)cc3)c1C(N)=O)C2.O. The zero-order valence-electron chi connectivity index (χ0n) is 14.7. The number of likely N-dealkylation sites (N-methyl/N-ethyl adjacent to an activating group) is 1. The number of anilines is 2. The quantitative estimate of drug-likeness (QED) is 0.723. The van der Waals surface area contributed by atoms with Crippen LogP contribution in [0.5, 0.6) is 0 Å². The maximum absolute atomic E-state index is 12.4. The largest absolute Gasteiger partial charge is 0.412 e. The van der Waals surface area contributed by atoms with E-state index in [2.05, 4.69) is 22.6 Å². The first kappa shape index (κ1) is 19.6. The molecule has 0 spiro atoms. The Labute approximate surface area is 165 Å².